The van der Waals surface area contributed by atoms with E-state index in [2.05, 4.69) is 26.5 Å². The molecule has 0 saturated carbocycles. The number of aryl methyl sites for hydroxylation is 1. The van der Waals surface area contributed by atoms with Gasteiger partial charge < -0.3 is 4.74 Å². The van der Waals surface area contributed by atoms with Crippen LogP contribution in [0.5, 0.6) is 5.75 Å². The Bertz CT molecular complexity index is 751. The van der Waals surface area contributed by atoms with Crippen molar-refractivity contribution in [3.05, 3.63) is 63.6 Å². The number of halogens is 3. The standard InChI is InChI=1S/C16H13BrF2N2O2/c1-10-7-12(17)5-6-14(10)23-9-15(22)21-20-8-11-3-2-4-13(18)16(11)19/h2-8H,9H2,1H3,(H,21,22)/b20-8+. The van der Waals surface area contributed by atoms with E-state index in [4.69, 9.17) is 4.74 Å². The number of benzene rings is 2. The van der Waals surface area contributed by atoms with Crippen molar-refractivity contribution < 1.29 is 18.3 Å². The average Bonchev–Trinajstić information content (AvgIpc) is 2.50. The van der Waals surface area contributed by atoms with Gasteiger partial charge in [-0.3, -0.25) is 4.79 Å². The van der Waals surface area contributed by atoms with Crippen LogP contribution in [-0.4, -0.2) is 18.7 Å². The summed E-state index contributed by atoms with van der Waals surface area (Å²) in [5.41, 5.74) is 3.00. The molecule has 2 rings (SSSR count). The molecule has 120 valence electrons. The molecule has 0 aliphatic heterocycles. The first-order valence-electron chi connectivity index (χ1n) is 6.62. The van der Waals surface area contributed by atoms with E-state index in [1.165, 1.54) is 12.1 Å². The maximum absolute atomic E-state index is 13.4. The minimum Gasteiger partial charge on any atom is -0.483 e. The molecule has 1 amide bonds. The van der Waals surface area contributed by atoms with E-state index >= 15 is 0 Å². The van der Waals surface area contributed by atoms with Gasteiger partial charge in [0.15, 0.2) is 18.2 Å². The van der Waals surface area contributed by atoms with Gasteiger partial charge in [0.2, 0.25) is 0 Å². The number of rotatable bonds is 5. The molecule has 0 spiro atoms. The summed E-state index contributed by atoms with van der Waals surface area (Å²) < 4.78 is 32.6. The van der Waals surface area contributed by atoms with Crippen LogP contribution in [0.4, 0.5) is 8.78 Å². The van der Waals surface area contributed by atoms with E-state index in [0.29, 0.717) is 5.75 Å². The second-order valence-corrected chi connectivity index (χ2v) is 5.55. The van der Waals surface area contributed by atoms with E-state index in [0.717, 1.165) is 22.3 Å². The Morgan fingerprint density at radius 2 is 2.13 bits per heavy atom. The van der Waals surface area contributed by atoms with Gasteiger partial charge in [0.25, 0.3) is 5.91 Å². The molecule has 23 heavy (non-hydrogen) atoms. The Morgan fingerprint density at radius 1 is 1.35 bits per heavy atom. The van der Waals surface area contributed by atoms with Crippen LogP contribution in [0, 0.1) is 18.6 Å². The zero-order chi connectivity index (χ0) is 16.8. The molecule has 0 heterocycles. The summed E-state index contributed by atoms with van der Waals surface area (Å²) in [7, 11) is 0. The molecule has 0 aliphatic carbocycles. The highest BCUT2D eigenvalue weighted by molar-refractivity contribution is 9.10. The summed E-state index contributed by atoms with van der Waals surface area (Å²) in [5, 5.41) is 3.57. The number of nitrogens with one attached hydrogen (secondary N) is 1. The van der Waals surface area contributed by atoms with E-state index in [1.807, 2.05) is 13.0 Å². The molecule has 4 nitrogen and oxygen atoms in total. The van der Waals surface area contributed by atoms with Crippen LogP contribution in [0.3, 0.4) is 0 Å². The molecule has 0 radical (unpaired) electrons. The number of amides is 1. The molecular weight excluding hydrogens is 370 g/mol. The maximum Gasteiger partial charge on any atom is 0.277 e. The number of hydrazone groups is 1. The van der Waals surface area contributed by atoms with Crippen molar-refractivity contribution in [1.82, 2.24) is 5.43 Å². The van der Waals surface area contributed by atoms with Crippen LogP contribution in [-0.2, 0) is 4.79 Å². The van der Waals surface area contributed by atoms with Gasteiger partial charge in [0, 0.05) is 10.0 Å². The van der Waals surface area contributed by atoms with Crippen molar-refractivity contribution in [1.29, 1.82) is 0 Å². The molecule has 0 aromatic heterocycles. The highest BCUT2D eigenvalue weighted by Gasteiger charge is 2.06. The van der Waals surface area contributed by atoms with Crippen molar-refractivity contribution in [2.24, 2.45) is 5.10 Å². The largest absolute Gasteiger partial charge is 0.483 e. The number of hydrogen-bond donors (Lipinski definition) is 1. The monoisotopic (exact) mass is 382 g/mol. The third-order valence-corrected chi connectivity index (χ3v) is 3.36. The zero-order valence-corrected chi connectivity index (χ0v) is 13.7. The fourth-order valence-corrected chi connectivity index (χ4v) is 2.22. The first-order chi connectivity index (χ1) is 11.0. The number of carbonyl (C=O) groups is 1. The molecule has 0 fully saturated rings. The van der Waals surface area contributed by atoms with Gasteiger partial charge in [0.1, 0.15) is 5.75 Å². The molecule has 0 aliphatic rings. The summed E-state index contributed by atoms with van der Waals surface area (Å²) in [6.45, 7) is 1.61. The molecular formula is C16H13BrF2N2O2. The fourth-order valence-electron chi connectivity index (χ4n) is 1.74. The molecule has 0 unspecified atom stereocenters. The topological polar surface area (TPSA) is 50.7 Å². The predicted octanol–water partition coefficient (Wildman–Crippen LogP) is 3.56. The minimum atomic E-state index is -1.02. The molecule has 1 N–H and O–H groups in total. The average molecular weight is 383 g/mol. The van der Waals surface area contributed by atoms with Gasteiger partial charge in [-0.2, -0.15) is 5.10 Å². The number of nitrogens with zero attached hydrogens (tertiary/aromatic N) is 1. The van der Waals surface area contributed by atoms with Crippen molar-refractivity contribution in [2.75, 3.05) is 6.61 Å². The van der Waals surface area contributed by atoms with Gasteiger partial charge >= 0.3 is 0 Å². The van der Waals surface area contributed by atoms with E-state index in [1.54, 1.807) is 12.1 Å². The van der Waals surface area contributed by atoms with Crippen LogP contribution < -0.4 is 10.2 Å². The Morgan fingerprint density at radius 3 is 2.87 bits per heavy atom. The van der Waals surface area contributed by atoms with Crippen LogP contribution in [0.25, 0.3) is 0 Å². The van der Waals surface area contributed by atoms with Crippen LogP contribution in [0.1, 0.15) is 11.1 Å². The van der Waals surface area contributed by atoms with Gasteiger partial charge in [-0.25, -0.2) is 14.2 Å². The Hall–Kier alpha value is -2.28. The first-order valence-corrected chi connectivity index (χ1v) is 7.41. The SMILES string of the molecule is Cc1cc(Br)ccc1OCC(=O)N/N=C/c1cccc(F)c1F. The molecule has 0 bridgehead atoms. The lowest BCUT2D eigenvalue weighted by Crippen LogP contribution is -2.24. The third-order valence-electron chi connectivity index (χ3n) is 2.87. The molecule has 7 heteroatoms. The fraction of sp³-hybridized carbons (Fsp3) is 0.125. The smallest absolute Gasteiger partial charge is 0.277 e. The summed E-state index contributed by atoms with van der Waals surface area (Å²) in [6.07, 6.45) is 1.03. The molecule has 2 aromatic carbocycles. The van der Waals surface area contributed by atoms with Gasteiger partial charge in [-0.05, 0) is 36.8 Å². The summed E-state index contributed by atoms with van der Waals surface area (Å²) in [4.78, 5) is 11.6. The number of hydrogen-bond acceptors (Lipinski definition) is 3. The first kappa shape index (κ1) is 17.1. The molecule has 0 atom stereocenters. The van der Waals surface area contributed by atoms with Crippen molar-refractivity contribution in [3.8, 4) is 5.75 Å². The number of ether oxygens (including phenoxy) is 1. The van der Waals surface area contributed by atoms with Crippen molar-refractivity contribution >= 4 is 28.1 Å². The number of carbonyl (C=O) groups excluding carboxylic acids is 1. The van der Waals surface area contributed by atoms with Crippen molar-refractivity contribution in [3.63, 3.8) is 0 Å². The Balaban J connectivity index is 1.87. The van der Waals surface area contributed by atoms with E-state index < -0.39 is 17.5 Å². The molecule has 0 saturated heterocycles. The van der Waals surface area contributed by atoms with Gasteiger partial charge in [-0.15, -0.1) is 0 Å². The van der Waals surface area contributed by atoms with E-state index in [9.17, 15) is 13.6 Å². The maximum atomic E-state index is 13.4. The minimum absolute atomic E-state index is 0.0602. The lowest BCUT2D eigenvalue weighted by atomic mass is 10.2. The summed E-state index contributed by atoms with van der Waals surface area (Å²) in [5.74, 6) is -1.94. The quantitative estimate of drug-likeness (QED) is 0.634. The normalized spacial score (nSPS) is 10.8. The van der Waals surface area contributed by atoms with Gasteiger partial charge in [-0.1, -0.05) is 28.1 Å². The second kappa shape index (κ2) is 7.82. The highest BCUT2D eigenvalue weighted by atomic mass is 79.9. The van der Waals surface area contributed by atoms with E-state index in [-0.39, 0.29) is 12.2 Å². The molecule has 2 aromatic rings. The lowest BCUT2D eigenvalue weighted by Gasteiger charge is -2.08. The van der Waals surface area contributed by atoms with Crippen LogP contribution in [0.2, 0.25) is 0 Å². The zero-order valence-electron chi connectivity index (χ0n) is 12.1. The second-order valence-electron chi connectivity index (χ2n) is 4.63. The third kappa shape index (κ3) is 4.85. The van der Waals surface area contributed by atoms with Crippen LogP contribution >= 0.6 is 15.9 Å². The summed E-state index contributed by atoms with van der Waals surface area (Å²) in [6, 6.07) is 9.08. The van der Waals surface area contributed by atoms with Crippen molar-refractivity contribution in [2.45, 2.75) is 6.92 Å². The predicted molar refractivity (Wildman–Crippen MR) is 86.5 cm³/mol. The summed E-state index contributed by atoms with van der Waals surface area (Å²) >= 11 is 3.33. The van der Waals surface area contributed by atoms with Gasteiger partial charge in [0.05, 0.1) is 6.21 Å². The highest BCUT2D eigenvalue weighted by Crippen LogP contribution is 2.21. The van der Waals surface area contributed by atoms with Crippen LogP contribution in [0.15, 0.2) is 46.0 Å². The lowest BCUT2D eigenvalue weighted by molar-refractivity contribution is -0.123. The Labute approximate surface area is 140 Å². The Kier molecular flexibility index (Phi) is 5.81.